The fourth-order valence-electron chi connectivity index (χ4n) is 1.02. The van der Waals surface area contributed by atoms with Crippen molar-refractivity contribution in [2.45, 2.75) is 19.1 Å². The highest BCUT2D eigenvalue weighted by atomic mass is 19.4. The van der Waals surface area contributed by atoms with E-state index in [9.17, 15) is 13.2 Å². The van der Waals surface area contributed by atoms with Crippen molar-refractivity contribution >= 4 is 0 Å². The molecule has 0 fully saturated rings. The molecule has 1 aromatic rings. The molecular formula is C8H9F3N2. The summed E-state index contributed by atoms with van der Waals surface area (Å²) in [6.07, 6.45) is -3.32. The molecule has 2 nitrogen and oxygen atoms in total. The van der Waals surface area contributed by atoms with Crippen molar-refractivity contribution in [1.82, 2.24) is 4.98 Å². The van der Waals surface area contributed by atoms with Crippen molar-refractivity contribution in [2.75, 3.05) is 0 Å². The van der Waals surface area contributed by atoms with Crippen LogP contribution in [-0.4, -0.2) is 4.98 Å². The molecule has 1 heterocycles. The summed E-state index contributed by atoms with van der Waals surface area (Å²) in [6, 6.07) is 2.11. The molecule has 0 spiro atoms. The third-order valence-electron chi connectivity index (χ3n) is 1.60. The zero-order chi connectivity index (χ0) is 10.1. The molecule has 5 heteroatoms. The van der Waals surface area contributed by atoms with Crippen LogP contribution in [0.3, 0.4) is 0 Å². The number of pyridine rings is 1. The maximum Gasteiger partial charge on any atom is 0.433 e. The van der Waals surface area contributed by atoms with Crippen LogP contribution in [0.25, 0.3) is 0 Å². The highest BCUT2D eigenvalue weighted by molar-refractivity contribution is 5.24. The van der Waals surface area contributed by atoms with Gasteiger partial charge in [-0.2, -0.15) is 13.2 Å². The summed E-state index contributed by atoms with van der Waals surface area (Å²) in [5, 5.41) is 0. The number of aromatic nitrogens is 1. The Bertz CT molecular complexity index is 294. The molecule has 0 amide bonds. The average Bonchev–Trinajstić information content (AvgIpc) is 2.03. The Morgan fingerprint density at radius 1 is 1.46 bits per heavy atom. The molecule has 0 aliphatic rings. The Labute approximate surface area is 73.6 Å². The molecule has 1 atom stereocenters. The topological polar surface area (TPSA) is 38.9 Å². The van der Waals surface area contributed by atoms with Gasteiger partial charge in [0.25, 0.3) is 0 Å². The van der Waals surface area contributed by atoms with Crippen LogP contribution in [0.15, 0.2) is 18.3 Å². The van der Waals surface area contributed by atoms with Gasteiger partial charge in [-0.3, -0.25) is 4.98 Å². The van der Waals surface area contributed by atoms with Gasteiger partial charge < -0.3 is 5.73 Å². The molecule has 0 saturated heterocycles. The van der Waals surface area contributed by atoms with Crippen molar-refractivity contribution < 1.29 is 13.2 Å². The van der Waals surface area contributed by atoms with Crippen molar-refractivity contribution in [3.8, 4) is 0 Å². The minimum Gasteiger partial charge on any atom is -0.324 e. The molecule has 0 aliphatic heterocycles. The number of rotatable bonds is 1. The molecule has 0 bridgehead atoms. The van der Waals surface area contributed by atoms with Crippen LogP contribution < -0.4 is 5.73 Å². The van der Waals surface area contributed by atoms with Gasteiger partial charge in [-0.1, -0.05) is 6.07 Å². The molecule has 0 aromatic carbocycles. The summed E-state index contributed by atoms with van der Waals surface area (Å²) in [7, 11) is 0. The number of nitrogens with zero attached hydrogens (tertiary/aromatic N) is 1. The van der Waals surface area contributed by atoms with E-state index in [0.29, 0.717) is 0 Å². The summed E-state index contributed by atoms with van der Waals surface area (Å²) in [6.45, 7) is 1.49. The molecular weight excluding hydrogens is 181 g/mol. The maximum absolute atomic E-state index is 12.3. The van der Waals surface area contributed by atoms with Gasteiger partial charge in [0.1, 0.15) is 5.69 Å². The second kappa shape index (κ2) is 3.33. The Balaban J connectivity index is 3.20. The average molecular weight is 190 g/mol. The Kier molecular flexibility index (Phi) is 2.56. The van der Waals surface area contributed by atoms with Gasteiger partial charge in [0.15, 0.2) is 0 Å². The van der Waals surface area contributed by atoms with Gasteiger partial charge in [0.05, 0.1) is 0 Å². The number of nitrogens with two attached hydrogens (primary N) is 1. The third-order valence-corrected chi connectivity index (χ3v) is 1.60. The van der Waals surface area contributed by atoms with E-state index >= 15 is 0 Å². The first kappa shape index (κ1) is 9.98. The minimum absolute atomic E-state index is 0.0231. The monoisotopic (exact) mass is 190 g/mol. The summed E-state index contributed by atoms with van der Waals surface area (Å²) < 4.78 is 36.9. The minimum atomic E-state index is -4.43. The third kappa shape index (κ3) is 2.18. The fourth-order valence-corrected chi connectivity index (χ4v) is 1.02. The van der Waals surface area contributed by atoms with Gasteiger partial charge in [0, 0.05) is 12.2 Å². The summed E-state index contributed by atoms with van der Waals surface area (Å²) in [4.78, 5) is 3.27. The van der Waals surface area contributed by atoms with Crippen LogP contribution in [0.2, 0.25) is 0 Å². The van der Waals surface area contributed by atoms with E-state index < -0.39 is 17.9 Å². The van der Waals surface area contributed by atoms with E-state index in [4.69, 9.17) is 5.73 Å². The predicted molar refractivity (Wildman–Crippen MR) is 41.8 cm³/mol. The lowest BCUT2D eigenvalue weighted by Crippen LogP contribution is -2.16. The first-order valence-corrected chi connectivity index (χ1v) is 3.70. The lowest BCUT2D eigenvalue weighted by molar-refractivity contribution is -0.142. The Morgan fingerprint density at radius 2 is 2.08 bits per heavy atom. The molecule has 1 rings (SSSR count). The van der Waals surface area contributed by atoms with Gasteiger partial charge in [0.2, 0.25) is 0 Å². The lowest BCUT2D eigenvalue weighted by atomic mass is 10.1. The van der Waals surface area contributed by atoms with Crippen LogP contribution >= 0.6 is 0 Å². The van der Waals surface area contributed by atoms with Gasteiger partial charge in [-0.15, -0.1) is 0 Å². The SMILES string of the molecule is C[C@@H](N)c1cccnc1C(F)(F)F. The zero-order valence-corrected chi connectivity index (χ0v) is 6.97. The molecule has 0 radical (unpaired) electrons. The van der Waals surface area contributed by atoms with E-state index in [1.54, 1.807) is 0 Å². The second-order valence-electron chi connectivity index (χ2n) is 2.73. The Morgan fingerprint density at radius 3 is 2.46 bits per heavy atom. The highest BCUT2D eigenvalue weighted by Crippen LogP contribution is 2.31. The number of hydrogen-bond donors (Lipinski definition) is 1. The van der Waals surface area contributed by atoms with Crippen LogP contribution in [0.1, 0.15) is 24.2 Å². The predicted octanol–water partition coefficient (Wildman–Crippen LogP) is 2.12. The van der Waals surface area contributed by atoms with E-state index in [1.807, 2.05) is 0 Å². The first-order chi connectivity index (χ1) is 5.93. The van der Waals surface area contributed by atoms with E-state index in [0.717, 1.165) is 6.20 Å². The van der Waals surface area contributed by atoms with Crippen LogP contribution in [0.5, 0.6) is 0 Å². The van der Waals surface area contributed by atoms with Crippen molar-refractivity contribution in [1.29, 1.82) is 0 Å². The normalized spacial score (nSPS) is 14.2. The summed E-state index contributed by atoms with van der Waals surface area (Å²) >= 11 is 0. The standard InChI is InChI=1S/C8H9F3N2/c1-5(12)6-3-2-4-13-7(6)8(9,10)11/h2-5H,12H2,1H3/t5-/m1/s1. The molecule has 0 saturated carbocycles. The second-order valence-corrected chi connectivity index (χ2v) is 2.73. The quantitative estimate of drug-likeness (QED) is 0.736. The zero-order valence-electron chi connectivity index (χ0n) is 6.97. The van der Waals surface area contributed by atoms with Gasteiger partial charge in [-0.05, 0) is 18.6 Å². The van der Waals surface area contributed by atoms with Gasteiger partial charge >= 0.3 is 6.18 Å². The van der Waals surface area contributed by atoms with Gasteiger partial charge in [-0.25, -0.2) is 0 Å². The number of halogens is 3. The lowest BCUT2D eigenvalue weighted by Gasteiger charge is -2.13. The van der Waals surface area contributed by atoms with Crippen LogP contribution in [0, 0.1) is 0 Å². The molecule has 13 heavy (non-hydrogen) atoms. The number of hydrogen-bond acceptors (Lipinski definition) is 2. The van der Waals surface area contributed by atoms with Crippen molar-refractivity contribution in [3.63, 3.8) is 0 Å². The molecule has 0 aliphatic carbocycles. The largest absolute Gasteiger partial charge is 0.433 e. The van der Waals surface area contributed by atoms with E-state index in [-0.39, 0.29) is 5.56 Å². The van der Waals surface area contributed by atoms with Crippen LogP contribution in [-0.2, 0) is 6.18 Å². The summed E-state index contributed by atoms with van der Waals surface area (Å²) in [5.74, 6) is 0. The van der Waals surface area contributed by atoms with E-state index in [1.165, 1.54) is 19.1 Å². The first-order valence-electron chi connectivity index (χ1n) is 3.70. The summed E-state index contributed by atoms with van der Waals surface area (Å²) in [5.41, 5.74) is 4.50. The molecule has 1 aromatic heterocycles. The molecule has 72 valence electrons. The van der Waals surface area contributed by atoms with Crippen molar-refractivity contribution in [3.05, 3.63) is 29.6 Å². The Hall–Kier alpha value is -1.10. The fraction of sp³-hybridized carbons (Fsp3) is 0.375. The highest BCUT2D eigenvalue weighted by Gasteiger charge is 2.35. The molecule has 0 unspecified atom stereocenters. The molecule has 2 N–H and O–H groups in total. The van der Waals surface area contributed by atoms with E-state index in [2.05, 4.69) is 4.98 Å². The number of alkyl halides is 3. The van der Waals surface area contributed by atoms with Crippen molar-refractivity contribution in [2.24, 2.45) is 5.73 Å². The maximum atomic E-state index is 12.3. The van der Waals surface area contributed by atoms with Crippen LogP contribution in [0.4, 0.5) is 13.2 Å². The smallest absolute Gasteiger partial charge is 0.324 e.